The fourth-order valence-electron chi connectivity index (χ4n) is 2.62. The predicted octanol–water partition coefficient (Wildman–Crippen LogP) is -0.230. The van der Waals surface area contributed by atoms with E-state index in [-0.39, 0.29) is 17.0 Å². The van der Waals surface area contributed by atoms with Crippen LogP contribution in [-0.2, 0) is 4.79 Å². The summed E-state index contributed by atoms with van der Waals surface area (Å²) in [5.74, 6) is 0.494. The van der Waals surface area contributed by atoms with Crippen LogP contribution in [0.4, 0.5) is 0 Å². The minimum Gasteiger partial charge on any atom is -1.00 e. The summed E-state index contributed by atoms with van der Waals surface area (Å²) in [6.07, 6.45) is 7.00. The third-order valence-corrected chi connectivity index (χ3v) is 3.57. The predicted molar refractivity (Wildman–Crippen MR) is 63.8 cm³/mol. The highest BCUT2D eigenvalue weighted by molar-refractivity contribution is 5.79. The third-order valence-electron chi connectivity index (χ3n) is 3.57. The molecule has 0 atom stereocenters. The van der Waals surface area contributed by atoms with E-state index in [0.29, 0.717) is 5.78 Å². The van der Waals surface area contributed by atoms with E-state index in [1.807, 2.05) is 0 Å². The Bertz CT molecular complexity index is 198. The topological polar surface area (TPSA) is 17.1 Å². The van der Waals surface area contributed by atoms with Gasteiger partial charge >= 0.3 is 0 Å². The van der Waals surface area contributed by atoms with Crippen LogP contribution in [0, 0.1) is 0 Å². The van der Waals surface area contributed by atoms with Gasteiger partial charge in [-0.1, -0.05) is 26.7 Å². The van der Waals surface area contributed by atoms with Gasteiger partial charge in [-0.2, -0.15) is 0 Å². The molecule has 0 bridgehead atoms. The molecule has 0 N–H and O–H groups in total. The van der Waals surface area contributed by atoms with Crippen molar-refractivity contribution in [3.63, 3.8) is 0 Å². The molecule has 0 aromatic heterocycles. The highest BCUT2D eigenvalue weighted by Gasteiger charge is 2.32. The lowest BCUT2D eigenvalue weighted by Gasteiger charge is -2.41. The first-order valence-corrected chi connectivity index (χ1v) is 6.59. The molecular weight excluding hydrogens is 266 g/mol. The second-order valence-electron chi connectivity index (χ2n) is 5.02. The molecule has 0 aromatic carbocycles. The largest absolute Gasteiger partial charge is 1.00 e. The quantitative estimate of drug-likeness (QED) is 0.618. The lowest BCUT2D eigenvalue weighted by Crippen LogP contribution is -3.00. The highest BCUT2D eigenvalue weighted by Crippen LogP contribution is 2.19. The van der Waals surface area contributed by atoms with E-state index in [1.165, 1.54) is 45.3 Å². The van der Waals surface area contributed by atoms with Crippen molar-refractivity contribution in [2.75, 3.05) is 26.2 Å². The van der Waals surface area contributed by atoms with Gasteiger partial charge in [0.15, 0.2) is 5.78 Å². The Balaban J connectivity index is 0.00000225. The molecule has 0 aliphatic carbocycles. The molecule has 0 unspecified atom stereocenters. The molecule has 1 heterocycles. The third kappa shape index (κ3) is 4.96. The molecule has 2 nitrogen and oxygen atoms in total. The van der Waals surface area contributed by atoms with Gasteiger partial charge in [0.1, 0.15) is 6.54 Å². The fourth-order valence-corrected chi connectivity index (χ4v) is 2.62. The number of nitrogens with zero attached hydrogens (tertiary/aromatic N) is 1. The molecule has 1 aliphatic heterocycles. The summed E-state index contributed by atoms with van der Waals surface area (Å²) in [6.45, 7) is 8.99. The maximum Gasteiger partial charge on any atom is 0.187 e. The van der Waals surface area contributed by atoms with Gasteiger partial charge in [0.25, 0.3) is 0 Å². The van der Waals surface area contributed by atoms with E-state index in [1.54, 1.807) is 0 Å². The maximum absolute atomic E-state index is 11.6. The van der Waals surface area contributed by atoms with Crippen LogP contribution in [-0.4, -0.2) is 36.4 Å². The first-order chi connectivity index (χ1) is 7.22. The minimum atomic E-state index is 0. The number of piperidine rings is 1. The molecular formula is C13H26BrNO. The number of rotatable bonds is 6. The lowest BCUT2D eigenvalue weighted by atomic mass is 10.0. The molecule has 96 valence electrons. The molecule has 0 radical (unpaired) electrons. The van der Waals surface area contributed by atoms with Gasteiger partial charge in [0.05, 0.1) is 19.6 Å². The Labute approximate surface area is 111 Å². The monoisotopic (exact) mass is 291 g/mol. The molecule has 0 spiro atoms. The number of halogens is 1. The van der Waals surface area contributed by atoms with Gasteiger partial charge in [-0.05, 0) is 12.8 Å². The van der Waals surface area contributed by atoms with Crippen LogP contribution >= 0.6 is 0 Å². The number of Topliss-reactive ketones (excluding diaryl/α,β-unsaturated/α-hetero) is 1. The minimum absolute atomic E-state index is 0. The van der Waals surface area contributed by atoms with Gasteiger partial charge in [-0.3, -0.25) is 4.79 Å². The van der Waals surface area contributed by atoms with E-state index < -0.39 is 0 Å². The number of carbonyl (C=O) groups excluding carboxylic acids is 1. The Morgan fingerprint density at radius 3 is 2.12 bits per heavy atom. The van der Waals surface area contributed by atoms with Crippen molar-refractivity contribution in [3.05, 3.63) is 0 Å². The van der Waals surface area contributed by atoms with Crippen molar-refractivity contribution >= 4 is 5.78 Å². The summed E-state index contributed by atoms with van der Waals surface area (Å²) in [5, 5.41) is 0. The Morgan fingerprint density at radius 1 is 1.12 bits per heavy atom. The Morgan fingerprint density at radius 2 is 1.69 bits per heavy atom. The normalized spacial score (nSPS) is 19.2. The van der Waals surface area contributed by atoms with E-state index >= 15 is 0 Å². The van der Waals surface area contributed by atoms with Gasteiger partial charge < -0.3 is 21.5 Å². The number of unbranched alkanes of at least 4 members (excludes halogenated alkanes) is 2. The summed E-state index contributed by atoms with van der Waals surface area (Å²) >= 11 is 0. The zero-order valence-corrected chi connectivity index (χ0v) is 12.4. The molecule has 0 amide bonds. The number of quaternary nitrogens is 1. The first kappa shape index (κ1) is 16.1. The van der Waals surface area contributed by atoms with Crippen molar-refractivity contribution in [1.82, 2.24) is 0 Å². The van der Waals surface area contributed by atoms with Crippen LogP contribution in [0.2, 0.25) is 0 Å². The van der Waals surface area contributed by atoms with E-state index in [9.17, 15) is 4.79 Å². The van der Waals surface area contributed by atoms with Crippen LogP contribution < -0.4 is 17.0 Å². The molecule has 16 heavy (non-hydrogen) atoms. The summed E-state index contributed by atoms with van der Waals surface area (Å²) in [7, 11) is 0. The number of ketones is 1. The first-order valence-electron chi connectivity index (χ1n) is 6.59. The summed E-state index contributed by atoms with van der Waals surface area (Å²) in [5.41, 5.74) is 0. The van der Waals surface area contributed by atoms with E-state index in [4.69, 9.17) is 0 Å². The average Bonchev–Trinajstić information content (AvgIpc) is 2.24. The molecule has 0 saturated carbocycles. The van der Waals surface area contributed by atoms with Gasteiger partial charge in [-0.25, -0.2) is 0 Å². The molecule has 1 fully saturated rings. The Hall–Kier alpha value is 0.110. The van der Waals surface area contributed by atoms with Crippen molar-refractivity contribution in [1.29, 1.82) is 0 Å². The lowest BCUT2D eigenvalue weighted by molar-refractivity contribution is -0.923. The fraction of sp³-hybridized carbons (Fsp3) is 0.923. The van der Waals surface area contributed by atoms with Crippen molar-refractivity contribution in [2.45, 2.75) is 52.4 Å². The summed E-state index contributed by atoms with van der Waals surface area (Å²) in [4.78, 5) is 11.6. The van der Waals surface area contributed by atoms with Crippen molar-refractivity contribution in [2.24, 2.45) is 0 Å². The highest BCUT2D eigenvalue weighted by atomic mass is 79.9. The molecule has 3 heteroatoms. The maximum atomic E-state index is 11.6. The van der Waals surface area contributed by atoms with Crippen LogP contribution in [0.15, 0.2) is 0 Å². The van der Waals surface area contributed by atoms with E-state index in [2.05, 4.69) is 13.8 Å². The van der Waals surface area contributed by atoms with Crippen LogP contribution in [0.3, 0.4) is 0 Å². The van der Waals surface area contributed by atoms with Crippen molar-refractivity contribution < 1.29 is 26.3 Å². The smallest absolute Gasteiger partial charge is 0.187 e. The SMILES string of the molecule is CCCC[N+]1(CCCC)CCCC(=O)C1.[Br-]. The number of hydrogen-bond acceptors (Lipinski definition) is 1. The van der Waals surface area contributed by atoms with Gasteiger partial charge in [-0.15, -0.1) is 0 Å². The second-order valence-corrected chi connectivity index (χ2v) is 5.02. The molecule has 0 aromatic rings. The molecule has 1 saturated heterocycles. The molecule has 1 rings (SSSR count). The van der Waals surface area contributed by atoms with Crippen molar-refractivity contribution in [3.8, 4) is 0 Å². The zero-order chi connectivity index (χ0) is 11.1. The number of likely N-dealkylation sites (tertiary alicyclic amines) is 1. The second kappa shape index (κ2) is 8.24. The summed E-state index contributed by atoms with van der Waals surface area (Å²) < 4.78 is 1.10. The van der Waals surface area contributed by atoms with Gasteiger partial charge in [0, 0.05) is 12.8 Å². The number of hydrogen-bond donors (Lipinski definition) is 0. The van der Waals surface area contributed by atoms with Crippen LogP contribution in [0.1, 0.15) is 52.4 Å². The summed E-state index contributed by atoms with van der Waals surface area (Å²) in [6, 6.07) is 0. The van der Waals surface area contributed by atoms with Crippen LogP contribution in [0.25, 0.3) is 0 Å². The van der Waals surface area contributed by atoms with Crippen LogP contribution in [0.5, 0.6) is 0 Å². The molecule has 1 aliphatic rings. The Kier molecular flexibility index (Phi) is 8.29. The van der Waals surface area contributed by atoms with Gasteiger partial charge in [0.2, 0.25) is 0 Å². The average molecular weight is 292 g/mol. The standard InChI is InChI=1S/C13H26NO.BrH/c1-3-5-9-14(10-6-4-2)11-7-8-13(15)12-14;/h3-12H2,1-2H3;1H/q+1;/p-1. The number of carbonyl (C=O) groups is 1. The van der Waals surface area contributed by atoms with E-state index in [0.717, 1.165) is 23.9 Å². The zero-order valence-electron chi connectivity index (χ0n) is 10.8.